The third kappa shape index (κ3) is 21.2. The minimum Gasteiger partial charge on any atom is -0.370 e. The van der Waals surface area contributed by atoms with E-state index in [1.165, 1.54) is 18.6 Å². The minimum absolute atomic E-state index is 0.0430. The van der Waals surface area contributed by atoms with Crippen LogP contribution in [0, 0.1) is 11.8 Å². The zero-order valence-electron chi connectivity index (χ0n) is 25.6. The molecule has 39 heavy (non-hydrogen) atoms. The Hall–Kier alpha value is -3.48. The van der Waals surface area contributed by atoms with Gasteiger partial charge in [0.15, 0.2) is 5.78 Å². The van der Waals surface area contributed by atoms with E-state index in [-0.39, 0.29) is 24.1 Å². The molecule has 0 aliphatic heterocycles. The Morgan fingerprint density at radius 2 is 1.67 bits per heavy atom. The smallest absolute Gasteiger partial charge is 0.242 e. The van der Waals surface area contributed by atoms with Crippen molar-refractivity contribution in [3.8, 4) is 0 Å². The van der Waals surface area contributed by atoms with Crippen molar-refractivity contribution < 1.29 is 19.2 Å². The fourth-order valence-corrected chi connectivity index (χ4v) is 3.41. The van der Waals surface area contributed by atoms with Gasteiger partial charge in [-0.1, -0.05) is 104 Å². The lowest BCUT2D eigenvalue weighted by Gasteiger charge is -2.21. The molecule has 3 amide bonds. The molecule has 1 rings (SSSR count). The van der Waals surface area contributed by atoms with Crippen molar-refractivity contribution in [2.75, 3.05) is 13.1 Å². The first-order valence-corrected chi connectivity index (χ1v) is 13.8. The molecule has 1 unspecified atom stereocenters. The molecule has 1 aromatic carbocycles. The van der Waals surface area contributed by atoms with Crippen molar-refractivity contribution in [3.63, 3.8) is 0 Å². The van der Waals surface area contributed by atoms with Gasteiger partial charge in [-0.15, -0.1) is 0 Å². The van der Waals surface area contributed by atoms with Crippen molar-refractivity contribution in [2.45, 2.75) is 81.2 Å². The van der Waals surface area contributed by atoms with Crippen LogP contribution in [0.1, 0.15) is 90.6 Å². The number of nitrogens with two attached hydrogens (primary N) is 1. The fraction of sp³-hybridized carbons (Fsp3) is 0.500. The van der Waals surface area contributed by atoms with Crippen LogP contribution in [-0.2, 0) is 20.9 Å². The first kappa shape index (κ1) is 40.0. The van der Waals surface area contributed by atoms with Crippen LogP contribution in [0.3, 0.4) is 0 Å². The molecule has 0 aliphatic carbocycles. The highest BCUT2D eigenvalue weighted by molar-refractivity contribution is 6.10. The lowest BCUT2D eigenvalue weighted by molar-refractivity contribution is -0.131. The third-order valence-corrected chi connectivity index (χ3v) is 4.84. The summed E-state index contributed by atoms with van der Waals surface area (Å²) in [5.74, 6) is 0.586. The normalized spacial score (nSPS) is 10.6. The number of ketones is 1. The SMILES string of the molecule is C=C/C=C(\C=C)C(=O)c1cccc(CN(CC)C(=O)CNC=O)c1.CC.CC(C)CC(C)CC(N)=O.CCC. The van der Waals surface area contributed by atoms with Crippen LogP contribution in [0.25, 0.3) is 0 Å². The molecule has 0 fully saturated rings. The number of nitrogens with zero attached hydrogens (tertiary/aromatic N) is 1. The number of hydrogen-bond acceptors (Lipinski definition) is 4. The molecule has 0 heterocycles. The maximum absolute atomic E-state index is 12.4. The lowest BCUT2D eigenvalue weighted by Crippen LogP contribution is -2.37. The van der Waals surface area contributed by atoms with Crippen molar-refractivity contribution >= 4 is 24.0 Å². The number of primary amides is 1. The fourth-order valence-electron chi connectivity index (χ4n) is 3.41. The second-order valence-electron chi connectivity index (χ2n) is 9.11. The molecular weight excluding hydrogens is 490 g/mol. The van der Waals surface area contributed by atoms with Gasteiger partial charge in [0.2, 0.25) is 18.2 Å². The number of rotatable bonds is 14. The highest BCUT2D eigenvalue weighted by Gasteiger charge is 2.14. The van der Waals surface area contributed by atoms with E-state index in [9.17, 15) is 19.2 Å². The summed E-state index contributed by atoms with van der Waals surface area (Å²) in [6.07, 6.45) is 7.99. The Bertz CT molecular complexity index is 891. The summed E-state index contributed by atoms with van der Waals surface area (Å²) in [4.78, 5) is 46.8. The van der Waals surface area contributed by atoms with Crippen LogP contribution in [0.15, 0.2) is 61.2 Å². The summed E-state index contributed by atoms with van der Waals surface area (Å²) in [6.45, 7) is 24.5. The summed E-state index contributed by atoms with van der Waals surface area (Å²) in [5.41, 5.74) is 6.85. The zero-order chi connectivity index (χ0) is 30.8. The van der Waals surface area contributed by atoms with E-state index in [1.807, 2.05) is 26.8 Å². The summed E-state index contributed by atoms with van der Waals surface area (Å²) in [7, 11) is 0. The number of hydrogen-bond donors (Lipinski definition) is 2. The molecule has 7 nitrogen and oxygen atoms in total. The predicted molar refractivity (Wildman–Crippen MR) is 164 cm³/mol. The van der Waals surface area contributed by atoms with Crippen molar-refractivity contribution in [3.05, 3.63) is 72.4 Å². The first-order valence-electron chi connectivity index (χ1n) is 13.8. The molecular formula is C32H53N3O4. The number of amides is 3. The molecule has 0 bridgehead atoms. The monoisotopic (exact) mass is 543 g/mol. The van der Waals surface area contributed by atoms with E-state index < -0.39 is 0 Å². The minimum atomic E-state index is -0.187. The first-order chi connectivity index (χ1) is 18.5. The number of likely N-dealkylation sites (N-methyl/N-ethyl adjacent to an activating group) is 1. The van der Waals surface area contributed by atoms with E-state index in [0.717, 1.165) is 12.0 Å². The standard InChI is InChI=1S/C19H22N2O3.C8H17NO.C3H8.C2H6/c1-4-8-16(5-2)19(24)17-10-7-9-15(11-17)13-21(6-3)18(23)12-20-14-22;1-6(2)4-7(3)5-8(9)10;1-3-2;1-2/h4-5,7-11,14H,1-2,6,12-13H2,3H3,(H,20,22);6-7H,4-5H2,1-3H3,(H2,9,10);3H2,1-2H3;1-2H3/b16-8+;;;. The van der Waals surface area contributed by atoms with Gasteiger partial charge in [-0.2, -0.15) is 0 Å². The molecule has 1 atom stereocenters. The molecule has 0 saturated heterocycles. The van der Waals surface area contributed by atoms with Gasteiger partial charge in [0.25, 0.3) is 0 Å². The van der Waals surface area contributed by atoms with Crippen molar-refractivity contribution in [2.24, 2.45) is 17.6 Å². The van der Waals surface area contributed by atoms with E-state index in [1.54, 1.807) is 29.2 Å². The summed E-state index contributed by atoms with van der Waals surface area (Å²) in [5, 5.41) is 2.36. The maximum atomic E-state index is 12.4. The number of nitrogens with one attached hydrogen (secondary N) is 1. The Kier molecular flexibility index (Phi) is 26.8. The zero-order valence-corrected chi connectivity index (χ0v) is 25.6. The van der Waals surface area contributed by atoms with Crippen LogP contribution in [-0.4, -0.2) is 42.0 Å². The van der Waals surface area contributed by atoms with Gasteiger partial charge in [0, 0.05) is 30.6 Å². The second-order valence-corrected chi connectivity index (χ2v) is 9.11. The Morgan fingerprint density at radius 3 is 2.10 bits per heavy atom. The van der Waals surface area contributed by atoms with Crippen molar-refractivity contribution in [1.82, 2.24) is 10.2 Å². The van der Waals surface area contributed by atoms with Crippen LogP contribution in [0.4, 0.5) is 0 Å². The third-order valence-electron chi connectivity index (χ3n) is 4.84. The van der Waals surface area contributed by atoms with E-state index in [2.05, 4.69) is 53.1 Å². The number of Topliss-reactive ketones (excluding diaryl/α,β-unsaturated/α-hetero) is 1. The Morgan fingerprint density at radius 1 is 1.08 bits per heavy atom. The Balaban J connectivity index is -0.000000717. The molecule has 0 spiro atoms. The van der Waals surface area contributed by atoms with Gasteiger partial charge in [0.05, 0.1) is 6.54 Å². The summed E-state index contributed by atoms with van der Waals surface area (Å²) < 4.78 is 0. The average molecular weight is 544 g/mol. The van der Waals surface area contributed by atoms with Crippen LogP contribution >= 0.6 is 0 Å². The number of allylic oxidation sites excluding steroid dienone is 4. The van der Waals surface area contributed by atoms with Crippen LogP contribution < -0.4 is 11.1 Å². The van der Waals surface area contributed by atoms with Gasteiger partial charge in [-0.05, 0) is 36.8 Å². The quantitative estimate of drug-likeness (QED) is 0.125. The van der Waals surface area contributed by atoms with Gasteiger partial charge < -0.3 is 16.0 Å². The van der Waals surface area contributed by atoms with E-state index in [0.29, 0.717) is 48.9 Å². The summed E-state index contributed by atoms with van der Waals surface area (Å²) >= 11 is 0. The molecule has 220 valence electrons. The van der Waals surface area contributed by atoms with Gasteiger partial charge in [-0.3, -0.25) is 19.2 Å². The molecule has 0 aromatic heterocycles. The lowest BCUT2D eigenvalue weighted by atomic mass is 9.96. The topological polar surface area (TPSA) is 110 Å². The van der Waals surface area contributed by atoms with Gasteiger partial charge in [-0.25, -0.2) is 0 Å². The Labute approximate surface area is 237 Å². The largest absolute Gasteiger partial charge is 0.370 e. The number of benzene rings is 1. The van der Waals surface area contributed by atoms with Gasteiger partial charge >= 0.3 is 0 Å². The van der Waals surface area contributed by atoms with Crippen molar-refractivity contribution in [1.29, 1.82) is 0 Å². The molecule has 0 saturated carbocycles. The average Bonchev–Trinajstić information content (AvgIpc) is 2.89. The van der Waals surface area contributed by atoms with Crippen LogP contribution in [0.5, 0.6) is 0 Å². The number of carbonyl (C=O) groups is 4. The highest BCUT2D eigenvalue weighted by atomic mass is 16.2. The van der Waals surface area contributed by atoms with Crippen LogP contribution in [0.2, 0.25) is 0 Å². The molecule has 0 radical (unpaired) electrons. The highest BCUT2D eigenvalue weighted by Crippen LogP contribution is 2.14. The molecule has 3 N–H and O–H groups in total. The molecule has 1 aromatic rings. The predicted octanol–water partition coefficient (Wildman–Crippen LogP) is 6.25. The summed E-state index contributed by atoms with van der Waals surface area (Å²) in [6, 6.07) is 7.11. The maximum Gasteiger partial charge on any atom is 0.242 e. The van der Waals surface area contributed by atoms with Gasteiger partial charge in [0.1, 0.15) is 0 Å². The van der Waals surface area contributed by atoms with E-state index in [4.69, 9.17) is 5.73 Å². The second kappa shape index (κ2) is 26.1. The molecule has 0 aliphatic rings. The number of carbonyl (C=O) groups excluding carboxylic acids is 4. The van der Waals surface area contributed by atoms with E-state index >= 15 is 0 Å². The molecule has 7 heteroatoms.